The number of carbonyl (C=O) groups is 10. The van der Waals surface area contributed by atoms with Gasteiger partial charge in [-0.2, -0.15) is 0 Å². The zero-order valence-corrected chi connectivity index (χ0v) is 68.2. The summed E-state index contributed by atoms with van der Waals surface area (Å²) in [7, 11) is 5.00. The Balaban J connectivity index is 0.000000345. The number of piperazine rings is 2. The van der Waals surface area contributed by atoms with Crippen molar-refractivity contribution >= 4 is 116 Å². The van der Waals surface area contributed by atoms with Crippen LogP contribution in [0, 0.1) is 29.6 Å². The first-order chi connectivity index (χ1) is 49.9. The Hall–Kier alpha value is -6.95. The van der Waals surface area contributed by atoms with Crippen molar-refractivity contribution in [1.29, 1.82) is 0 Å². The van der Waals surface area contributed by atoms with Crippen molar-refractivity contribution in [3.05, 3.63) is 174 Å². The van der Waals surface area contributed by atoms with Crippen LogP contribution in [0.4, 0.5) is 0 Å². The van der Waals surface area contributed by atoms with Gasteiger partial charge >= 0.3 is 0 Å². The van der Waals surface area contributed by atoms with E-state index in [1.54, 1.807) is 71.4 Å². The summed E-state index contributed by atoms with van der Waals surface area (Å²) in [5.74, 6) is -0.687. The molecular weight excluding hydrogens is 1450 g/mol. The van der Waals surface area contributed by atoms with Crippen LogP contribution in [-0.2, 0) is 47.9 Å². The van der Waals surface area contributed by atoms with E-state index in [1.807, 2.05) is 164 Å². The predicted molar refractivity (Wildman–Crippen MR) is 428 cm³/mol. The fraction of sp³-hybridized carbons (Fsp3) is 0.506. The molecule has 106 heavy (non-hydrogen) atoms. The van der Waals surface area contributed by atoms with E-state index in [4.69, 9.17) is 63.7 Å². The highest BCUT2D eigenvalue weighted by atomic mass is 35.5. The van der Waals surface area contributed by atoms with Gasteiger partial charge in [0, 0.05) is 175 Å². The quantitative estimate of drug-likeness (QED) is 0.0276. The SMILES string of the molecule is CC(=O)N1CCN(C[C@@H](C(=O)C(C)C)c2ccc(Cl)cc2)CC1.CC(=O)N1CCN(C[C@H](C(=O)C(C)C)c2ccc(Cl)cc2)CC1.CC(C)C(=O)[C@H](CNCC(=O)N(C)C)c1ccc(Cl)cc1.CC(C)C(=O)[C@H](CNCC(N)=O)c1ccc(Cl)cc1.CNC(=O)CNC[C@@H](C(=O)C(C)C)c1ccc(Cl)cc1. The third-order valence-electron chi connectivity index (χ3n) is 18.1. The summed E-state index contributed by atoms with van der Waals surface area (Å²) in [5, 5.41) is 14.8. The summed E-state index contributed by atoms with van der Waals surface area (Å²) in [4.78, 5) is 128. The molecule has 25 heteroatoms. The van der Waals surface area contributed by atoms with E-state index in [-0.39, 0.29) is 131 Å². The molecule has 2 heterocycles. The average Bonchev–Trinajstić information content (AvgIpc) is 0.857. The number of halogens is 5. The van der Waals surface area contributed by atoms with Crippen LogP contribution in [0.15, 0.2) is 121 Å². The summed E-state index contributed by atoms with van der Waals surface area (Å²) in [6.07, 6.45) is 0. The molecular formula is C81H113Cl5N10O10. The monoisotopic (exact) mass is 1560 g/mol. The number of amides is 5. The smallest absolute Gasteiger partial charge is 0.236 e. The zero-order valence-electron chi connectivity index (χ0n) is 64.4. The number of nitrogens with zero attached hydrogens (tertiary/aromatic N) is 5. The van der Waals surface area contributed by atoms with Crippen molar-refractivity contribution in [2.75, 3.05) is 126 Å². The number of ketones is 5. The average molecular weight is 1560 g/mol. The Kier molecular flexibility index (Phi) is 42.6. The molecule has 5 aromatic rings. The number of primary amides is 1. The highest BCUT2D eigenvalue weighted by Gasteiger charge is 2.31. The van der Waals surface area contributed by atoms with Crippen molar-refractivity contribution in [1.82, 2.24) is 45.8 Å². The number of benzene rings is 5. The molecule has 0 unspecified atom stereocenters. The zero-order chi connectivity index (χ0) is 79.5. The lowest BCUT2D eigenvalue weighted by Gasteiger charge is -2.36. The van der Waals surface area contributed by atoms with Gasteiger partial charge in [-0.3, -0.25) is 57.7 Å². The van der Waals surface area contributed by atoms with Crippen molar-refractivity contribution < 1.29 is 47.9 Å². The fourth-order valence-electron chi connectivity index (χ4n) is 11.6. The third-order valence-corrected chi connectivity index (χ3v) is 19.4. The lowest BCUT2D eigenvalue weighted by Crippen LogP contribution is -2.49. The number of rotatable bonds is 31. The standard InChI is InChI=1S/2C18H25ClN2O2.C16H23ClN2O2.C15H21ClN2O2.C14H19ClN2O2/c2*1-13(2)18(23)17(15-4-6-16(19)7-5-15)12-20-8-10-21(11-9-20)14(3)22;1-11(2)16(21)14(9-18-10-15(20)19(3)4)12-5-7-13(17)8-6-12;1-10(2)15(20)13(8-18-9-14(19)17-3)11-4-6-12(16)7-5-11;1-9(2)14(19)12(7-17-8-13(16)18)10-3-5-11(15)6-4-10/h2*4-7,13,17H,8-12H2,1-3H3;5-8,11,14,18H,9-10H2,1-4H3;4-7,10,13,18H,8-9H2,1-3H3,(H,17,19);3-6,9,12,17H,7-8H2,1-2H3,(H2,16,18)/t2*17-;14-;13-;12-/m10111/s1. The first-order valence-corrected chi connectivity index (χ1v) is 38.1. The summed E-state index contributed by atoms with van der Waals surface area (Å²) < 4.78 is 0. The minimum absolute atomic E-state index is 0.00538. The lowest BCUT2D eigenvalue weighted by atomic mass is 9.88. The van der Waals surface area contributed by atoms with Gasteiger partial charge in [0.05, 0.1) is 49.2 Å². The van der Waals surface area contributed by atoms with Gasteiger partial charge in [-0.25, -0.2) is 0 Å². The Bertz CT molecular complexity index is 3460. The highest BCUT2D eigenvalue weighted by molar-refractivity contribution is 6.31. The molecule has 6 N–H and O–H groups in total. The molecule has 0 aromatic heterocycles. The summed E-state index contributed by atoms with van der Waals surface area (Å²) in [6, 6.07) is 36.9. The fourth-order valence-corrected chi connectivity index (χ4v) is 12.2. The first-order valence-electron chi connectivity index (χ1n) is 36.2. The molecule has 5 atom stereocenters. The van der Waals surface area contributed by atoms with Crippen LogP contribution in [-0.4, -0.2) is 209 Å². The minimum Gasteiger partial charge on any atom is -0.369 e. The molecule has 0 aliphatic carbocycles. The second-order valence-corrected chi connectivity index (χ2v) is 30.4. The van der Waals surface area contributed by atoms with Gasteiger partial charge in [0.15, 0.2) is 0 Å². The van der Waals surface area contributed by atoms with Gasteiger partial charge in [-0.1, -0.05) is 188 Å². The minimum atomic E-state index is -0.438. The molecule has 20 nitrogen and oxygen atoms in total. The molecule has 0 bridgehead atoms. The predicted octanol–water partition coefficient (Wildman–Crippen LogP) is 11.7. The maximum atomic E-state index is 12.7. The van der Waals surface area contributed by atoms with Crippen LogP contribution in [0.5, 0.6) is 0 Å². The number of likely N-dealkylation sites (N-methyl/N-ethyl adjacent to an activating group) is 2. The number of nitrogens with two attached hydrogens (primary N) is 1. The Morgan fingerprint density at radius 3 is 0.811 bits per heavy atom. The van der Waals surface area contributed by atoms with E-state index < -0.39 is 5.91 Å². The first kappa shape index (κ1) is 93.3. The molecule has 5 aromatic carbocycles. The van der Waals surface area contributed by atoms with Crippen LogP contribution in [0.3, 0.4) is 0 Å². The van der Waals surface area contributed by atoms with Crippen LogP contribution < -0.4 is 27.0 Å². The molecule has 2 fully saturated rings. The molecule has 2 aliphatic heterocycles. The van der Waals surface area contributed by atoms with E-state index in [1.165, 1.54) is 4.90 Å². The number of Topliss-reactive ketones (excluding diaryl/α,β-unsaturated/α-hetero) is 5. The van der Waals surface area contributed by atoms with E-state index in [0.29, 0.717) is 57.8 Å². The van der Waals surface area contributed by atoms with Gasteiger partial charge in [-0.05, 0) is 88.5 Å². The Morgan fingerprint density at radius 2 is 0.594 bits per heavy atom. The number of nitrogens with one attached hydrogen (secondary N) is 4. The largest absolute Gasteiger partial charge is 0.369 e. The Labute approximate surface area is 654 Å². The highest BCUT2D eigenvalue weighted by Crippen LogP contribution is 2.29. The molecule has 0 spiro atoms. The van der Waals surface area contributed by atoms with Crippen LogP contribution in [0.1, 0.15) is 140 Å². The van der Waals surface area contributed by atoms with Gasteiger partial charge < -0.3 is 41.7 Å². The molecule has 2 saturated heterocycles. The van der Waals surface area contributed by atoms with E-state index in [2.05, 4.69) is 31.1 Å². The molecule has 582 valence electrons. The van der Waals surface area contributed by atoms with Gasteiger partial charge in [0.1, 0.15) is 28.9 Å². The van der Waals surface area contributed by atoms with E-state index in [9.17, 15) is 47.9 Å². The maximum Gasteiger partial charge on any atom is 0.236 e. The van der Waals surface area contributed by atoms with Crippen LogP contribution in [0.25, 0.3) is 0 Å². The summed E-state index contributed by atoms with van der Waals surface area (Å²) in [6.45, 7) is 31.6. The molecule has 7 rings (SSSR count). The second-order valence-electron chi connectivity index (χ2n) is 28.2. The van der Waals surface area contributed by atoms with Gasteiger partial charge in [0.25, 0.3) is 0 Å². The summed E-state index contributed by atoms with van der Waals surface area (Å²) in [5.41, 5.74) is 9.82. The Morgan fingerprint density at radius 1 is 0.368 bits per heavy atom. The van der Waals surface area contributed by atoms with E-state index in [0.717, 1.165) is 80.2 Å². The third kappa shape index (κ3) is 33.7. The van der Waals surface area contributed by atoms with Crippen molar-refractivity contribution in [3.63, 3.8) is 0 Å². The topological polar surface area (TPSA) is 261 Å². The molecule has 2 aliphatic rings. The van der Waals surface area contributed by atoms with E-state index >= 15 is 0 Å². The molecule has 5 amide bonds. The van der Waals surface area contributed by atoms with Crippen molar-refractivity contribution in [3.8, 4) is 0 Å². The number of hydrogen-bond acceptors (Lipinski definition) is 15. The van der Waals surface area contributed by atoms with Crippen molar-refractivity contribution in [2.24, 2.45) is 35.3 Å². The normalized spacial score (nSPS) is 14.5. The van der Waals surface area contributed by atoms with Crippen LogP contribution in [0.2, 0.25) is 25.1 Å². The number of carbonyl (C=O) groups excluding carboxylic acids is 10. The lowest BCUT2D eigenvalue weighted by molar-refractivity contribution is -0.131. The van der Waals surface area contributed by atoms with Gasteiger partial charge in [0.2, 0.25) is 29.5 Å². The van der Waals surface area contributed by atoms with Crippen LogP contribution >= 0.6 is 58.0 Å². The van der Waals surface area contributed by atoms with Crippen molar-refractivity contribution in [2.45, 2.75) is 113 Å². The molecule has 0 radical (unpaired) electrons. The van der Waals surface area contributed by atoms with Gasteiger partial charge in [-0.15, -0.1) is 0 Å². The summed E-state index contributed by atoms with van der Waals surface area (Å²) >= 11 is 29.5. The molecule has 0 saturated carbocycles. The maximum absolute atomic E-state index is 12.7. The second kappa shape index (κ2) is 48.5. The number of hydrogen-bond donors (Lipinski definition) is 5.